The van der Waals surface area contributed by atoms with Crippen LogP contribution in [0.15, 0.2) is 90.5 Å². The zero-order chi connectivity index (χ0) is 25.2. The van der Waals surface area contributed by atoms with Crippen molar-refractivity contribution < 1.29 is 19.4 Å². The minimum absolute atomic E-state index is 0.0184. The number of methoxy groups -OCH3 is 1. The van der Waals surface area contributed by atoms with E-state index in [0.717, 1.165) is 11.1 Å². The highest BCUT2D eigenvalue weighted by Gasteiger charge is 2.45. The van der Waals surface area contributed by atoms with E-state index in [4.69, 9.17) is 4.74 Å². The van der Waals surface area contributed by atoms with Gasteiger partial charge in [-0.1, -0.05) is 48.5 Å². The Morgan fingerprint density at radius 1 is 1.06 bits per heavy atom. The third kappa shape index (κ3) is 4.16. The van der Waals surface area contributed by atoms with Crippen LogP contribution in [0, 0.1) is 6.92 Å². The van der Waals surface area contributed by atoms with Crippen molar-refractivity contribution in [3.05, 3.63) is 112 Å². The van der Waals surface area contributed by atoms with Crippen LogP contribution in [-0.2, 0) is 11.3 Å². The molecule has 0 saturated heterocycles. The van der Waals surface area contributed by atoms with E-state index >= 15 is 0 Å². The highest BCUT2D eigenvalue weighted by molar-refractivity contribution is 7.17. The van der Waals surface area contributed by atoms with Gasteiger partial charge in [0.25, 0.3) is 5.91 Å². The molecule has 1 unspecified atom stereocenters. The molecule has 1 amide bonds. The number of carbonyl (C=O) groups is 2. The number of aryl methyl sites for hydroxylation is 1. The fourth-order valence-electron chi connectivity index (χ4n) is 4.38. The number of benzene rings is 2. The van der Waals surface area contributed by atoms with Gasteiger partial charge in [0.15, 0.2) is 5.76 Å². The first kappa shape index (κ1) is 23.4. The molecular formula is C28H23N3O4S. The lowest BCUT2D eigenvalue weighted by Gasteiger charge is -2.28. The maximum absolute atomic E-state index is 14.0. The third-order valence-electron chi connectivity index (χ3n) is 6.11. The van der Waals surface area contributed by atoms with E-state index in [1.807, 2.05) is 42.5 Å². The van der Waals surface area contributed by atoms with E-state index in [2.05, 4.69) is 9.97 Å². The molecule has 0 spiro atoms. The molecule has 3 heterocycles. The van der Waals surface area contributed by atoms with Crippen molar-refractivity contribution in [3.63, 3.8) is 0 Å². The number of hydrogen-bond donors (Lipinski definition) is 1. The molecule has 5 rings (SSSR count). The number of aliphatic hydroxyl groups excluding tert-OH is 1. The fourth-order valence-corrected chi connectivity index (χ4v) is 5.41. The van der Waals surface area contributed by atoms with Gasteiger partial charge in [-0.3, -0.25) is 14.6 Å². The summed E-state index contributed by atoms with van der Waals surface area (Å²) >= 11 is 1.25. The molecule has 8 heteroatoms. The topological polar surface area (TPSA) is 92.6 Å². The van der Waals surface area contributed by atoms with E-state index in [9.17, 15) is 14.7 Å². The van der Waals surface area contributed by atoms with Gasteiger partial charge < -0.3 is 14.7 Å². The van der Waals surface area contributed by atoms with E-state index in [-0.39, 0.29) is 12.1 Å². The number of hydrogen-bond acceptors (Lipinski definition) is 7. The van der Waals surface area contributed by atoms with Crippen molar-refractivity contribution in [1.29, 1.82) is 0 Å². The molecule has 36 heavy (non-hydrogen) atoms. The van der Waals surface area contributed by atoms with E-state index in [1.54, 1.807) is 43.6 Å². The third-order valence-corrected chi connectivity index (χ3v) is 7.31. The summed E-state index contributed by atoms with van der Waals surface area (Å²) in [6.07, 6.45) is 3.28. The Balaban J connectivity index is 1.61. The maximum Gasteiger partial charge on any atom is 0.290 e. The number of aromatic nitrogens is 2. The second kappa shape index (κ2) is 9.75. The Bertz CT molecular complexity index is 1460. The second-order valence-electron chi connectivity index (χ2n) is 8.32. The Hall–Kier alpha value is -4.30. The molecule has 2 aromatic carbocycles. The monoisotopic (exact) mass is 497 g/mol. The van der Waals surface area contributed by atoms with Crippen LogP contribution < -0.4 is 4.74 Å². The molecule has 1 aliphatic rings. The van der Waals surface area contributed by atoms with Gasteiger partial charge in [-0.15, -0.1) is 11.3 Å². The first-order chi connectivity index (χ1) is 17.5. The van der Waals surface area contributed by atoms with Crippen LogP contribution in [0.5, 0.6) is 5.75 Å². The minimum Gasteiger partial charge on any atom is -0.503 e. The summed E-state index contributed by atoms with van der Waals surface area (Å²) in [4.78, 5) is 37.8. The molecule has 1 atom stereocenters. The normalized spacial score (nSPS) is 15.4. The number of carbonyl (C=O) groups excluding carboxylic acids is 2. The Morgan fingerprint density at radius 3 is 2.47 bits per heavy atom. The summed E-state index contributed by atoms with van der Waals surface area (Å²) in [7, 11) is 1.54. The molecule has 0 bridgehead atoms. The van der Waals surface area contributed by atoms with Gasteiger partial charge in [0, 0.05) is 30.1 Å². The molecule has 2 aromatic heterocycles. The van der Waals surface area contributed by atoms with E-state index in [1.165, 1.54) is 23.3 Å². The first-order valence-electron chi connectivity index (χ1n) is 11.3. The van der Waals surface area contributed by atoms with Gasteiger partial charge in [0.05, 0.1) is 29.3 Å². The molecule has 0 radical (unpaired) electrons. The van der Waals surface area contributed by atoms with Crippen LogP contribution in [0.1, 0.15) is 32.5 Å². The molecule has 4 aromatic rings. The lowest BCUT2D eigenvalue weighted by molar-refractivity contribution is -0.130. The van der Waals surface area contributed by atoms with Crippen LogP contribution in [-0.4, -0.2) is 38.8 Å². The van der Waals surface area contributed by atoms with Gasteiger partial charge in [0.1, 0.15) is 10.8 Å². The van der Waals surface area contributed by atoms with Crippen LogP contribution in [0.25, 0.3) is 10.6 Å². The average Bonchev–Trinajstić information content (AvgIpc) is 3.42. The summed E-state index contributed by atoms with van der Waals surface area (Å²) in [6.45, 7) is 1.94. The van der Waals surface area contributed by atoms with E-state index in [0.29, 0.717) is 26.9 Å². The average molecular weight is 498 g/mol. The summed E-state index contributed by atoms with van der Waals surface area (Å²) < 4.78 is 5.57. The molecule has 0 saturated carbocycles. The highest BCUT2D eigenvalue weighted by atomic mass is 32.1. The molecule has 1 aliphatic heterocycles. The summed E-state index contributed by atoms with van der Waals surface area (Å²) in [5, 5.41) is 11.7. The Kier molecular flexibility index (Phi) is 6.35. The van der Waals surface area contributed by atoms with Crippen molar-refractivity contribution >= 4 is 23.0 Å². The number of Topliss-reactive ketones (excluding diaryl/α,β-unsaturated/α-hetero) is 1. The Labute approximate surface area is 212 Å². The van der Waals surface area contributed by atoms with Crippen molar-refractivity contribution in [3.8, 4) is 16.3 Å². The number of rotatable bonds is 7. The van der Waals surface area contributed by atoms with Crippen molar-refractivity contribution in [2.75, 3.05) is 7.11 Å². The van der Waals surface area contributed by atoms with Crippen molar-refractivity contribution in [2.45, 2.75) is 19.5 Å². The van der Waals surface area contributed by atoms with Gasteiger partial charge in [-0.25, -0.2) is 4.98 Å². The number of amides is 1. The predicted octanol–water partition coefficient (Wildman–Crippen LogP) is 5.30. The van der Waals surface area contributed by atoms with Crippen LogP contribution in [0.3, 0.4) is 0 Å². The summed E-state index contributed by atoms with van der Waals surface area (Å²) in [5.41, 5.74) is 2.89. The zero-order valence-corrected chi connectivity index (χ0v) is 20.5. The number of pyridine rings is 1. The number of thiazole rings is 1. The molecule has 0 aliphatic carbocycles. The first-order valence-corrected chi connectivity index (χ1v) is 12.1. The smallest absolute Gasteiger partial charge is 0.290 e. The molecule has 0 fully saturated rings. The number of ketones is 1. The molecule has 180 valence electrons. The summed E-state index contributed by atoms with van der Waals surface area (Å²) in [5.74, 6) is -1.08. The van der Waals surface area contributed by atoms with Crippen LogP contribution >= 0.6 is 11.3 Å². The quantitative estimate of drug-likeness (QED) is 0.348. The number of aliphatic hydroxyl groups is 1. The lowest BCUT2D eigenvalue weighted by atomic mass is 9.94. The zero-order valence-electron chi connectivity index (χ0n) is 19.7. The summed E-state index contributed by atoms with van der Waals surface area (Å²) in [6, 6.07) is 19.5. The standard InChI is InChI=1S/C28H23N3O4S/c1-17-26(36-27(30-17)19-8-4-3-5-9-19)24(32)22-23(20-10-6-7-11-21(20)35-2)31(28(34)25(22)33)16-18-12-14-29-15-13-18/h3-15,23,33H,16H2,1-2H3. The van der Waals surface area contributed by atoms with Crippen LogP contribution in [0.4, 0.5) is 0 Å². The van der Waals surface area contributed by atoms with Gasteiger partial charge in [-0.05, 0) is 30.7 Å². The number of ether oxygens (including phenoxy) is 1. The fraction of sp³-hybridized carbons (Fsp3) is 0.143. The van der Waals surface area contributed by atoms with Crippen molar-refractivity contribution in [1.82, 2.24) is 14.9 Å². The number of nitrogens with zero attached hydrogens (tertiary/aromatic N) is 3. The molecule has 1 N–H and O–H groups in total. The molecular weight excluding hydrogens is 474 g/mol. The minimum atomic E-state index is -0.837. The van der Waals surface area contributed by atoms with Crippen molar-refractivity contribution in [2.24, 2.45) is 0 Å². The predicted molar refractivity (Wildman–Crippen MR) is 137 cm³/mol. The van der Waals surface area contributed by atoms with Crippen LogP contribution in [0.2, 0.25) is 0 Å². The second-order valence-corrected chi connectivity index (χ2v) is 9.32. The van der Waals surface area contributed by atoms with E-state index < -0.39 is 23.5 Å². The number of para-hydroxylation sites is 1. The maximum atomic E-state index is 14.0. The Morgan fingerprint density at radius 2 is 1.75 bits per heavy atom. The highest BCUT2D eigenvalue weighted by Crippen LogP contribution is 2.44. The van der Waals surface area contributed by atoms with Gasteiger partial charge in [0.2, 0.25) is 5.78 Å². The SMILES string of the molecule is COc1ccccc1C1C(C(=O)c2sc(-c3ccccc3)nc2C)=C(O)C(=O)N1Cc1ccncc1. The lowest BCUT2D eigenvalue weighted by Crippen LogP contribution is -2.31. The van der Waals surface area contributed by atoms with Gasteiger partial charge >= 0.3 is 0 Å². The van der Waals surface area contributed by atoms with Gasteiger partial charge in [-0.2, -0.15) is 0 Å². The molecule has 7 nitrogen and oxygen atoms in total. The largest absolute Gasteiger partial charge is 0.503 e.